The van der Waals surface area contributed by atoms with Gasteiger partial charge in [-0.05, 0) is 27.2 Å². The molecule has 0 saturated carbocycles. The summed E-state index contributed by atoms with van der Waals surface area (Å²) in [5, 5.41) is 2.86. The van der Waals surface area contributed by atoms with Crippen molar-refractivity contribution in [1.82, 2.24) is 5.32 Å². The number of hydrogen-bond acceptors (Lipinski definition) is 3. The highest BCUT2D eigenvalue weighted by molar-refractivity contribution is 5.81. The van der Waals surface area contributed by atoms with Gasteiger partial charge in [0.15, 0.2) is 0 Å². The second-order valence-electron chi connectivity index (χ2n) is 6.56. The van der Waals surface area contributed by atoms with E-state index in [0.29, 0.717) is 6.54 Å². The summed E-state index contributed by atoms with van der Waals surface area (Å²) in [4.78, 5) is 23.0. The molecule has 0 aliphatic rings. The van der Waals surface area contributed by atoms with Gasteiger partial charge < -0.3 is 10.1 Å². The fourth-order valence-electron chi connectivity index (χ4n) is 2.01. The van der Waals surface area contributed by atoms with Gasteiger partial charge in [-0.1, -0.05) is 45.4 Å². The fraction of sp³-hybridized carbons (Fsp3) is 0.882. The van der Waals surface area contributed by atoms with Crippen molar-refractivity contribution in [2.45, 2.75) is 91.1 Å². The molecule has 0 rings (SSSR count). The Morgan fingerprint density at radius 2 is 1.48 bits per heavy atom. The average Bonchev–Trinajstić information content (AvgIpc) is 2.37. The third-order valence-corrected chi connectivity index (χ3v) is 3.08. The molecule has 0 fully saturated rings. The Morgan fingerprint density at radius 1 is 0.905 bits per heavy atom. The summed E-state index contributed by atoms with van der Waals surface area (Å²) in [6, 6.07) is 0. The highest BCUT2D eigenvalue weighted by Gasteiger charge is 2.16. The first-order valence-electron chi connectivity index (χ1n) is 8.33. The molecule has 0 aliphatic heterocycles. The van der Waals surface area contributed by atoms with Crippen LogP contribution in [0.4, 0.5) is 0 Å². The van der Waals surface area contributed by atoms with E-state index in [1.807, 2.05) is 20.8 Å². The zero-order valence-corrected chi connectivity index (χ0v) is 14.3. The largest absolute Gasteiger partial charge is 0.460 e. The van der Waals surface area contributed by atoms with E-state index in [0.717, 1.165) is 12.8 Å². The van der Waals surface area contributed by atoms with E-state index >= 15 is 0 Å². The van der Waals surface area contributed by atoms with Gasteiger partial charge >= 0.3 is 5.97 Å². The summed E-state index contributed by atoms with van der Waals surface area (Å²) < 4.78 is 5.16. The Morgan fingerprint density at radius 3 is 2.05 bits per heavy atom. The molecule has 0 aromatic carbocycles. The maximum absolute atomic E-state index is 11.6. The Hall–Kier alpha value is -1.06. The normalized spacial score (nSPS) is 11.2. The predicted octanol–water partition coefficient (Wildman–Crippen LogP) is 3.98. The predicted molar refractivity (Wildman–Crippen MR) is 86.1 cm³/mol. The zero-order chi connectivity index (χ0) is 16.1. The molecular formula is C17H33NO3. The third-order valence-electron chi connectivity index (χ3n) is 3.08. The molecule has 124 valence electrons. The molecule has 4 nitrogen and oxygen atoms in total. The van der Waals surface area contributed by atoms with E-state index in [1.54, 1.807) is 0 Å². The maximum Gasteiger partial charge on any atom is 0.306 e. The first-order chi connectivity index (χ1) is 9.85. The third kappa shape index (κ3) is 15.2. The monoisotopic (exact) mass is 299 g/mol. The van der Waals surface area contributed by atoms with Gasteiger partial charge in [-0.3, -0.25) is 9.59 Å². The Labute approximate surface area is 130 Å². The van der Waals surface area contributed by atoms with Gasteiger partial charge in [0.05, 0.1) is 6.42 Å². The standard InChI is InChI=1S/C17H33NO3/c1-5-6-7-8-9-10-11-14-18-15(19)12-13-16(20)21-17(2,3)4/h5-14H2,1-4H3,(H,18,19). The van der Waals surface area contributed by atoms with E-state index in [1.165, 1.54) is 32.1 Å². The molecular weight excluding hydrogens is 266 g/mol. The van der Waals surface area contributed by atoms with Crippen molar-refractivity contribution in [2.24, 2.45) is 0 Å². The Bertz CT molecular complexity index is 295. The van der Waals surface area contributed by atoms with Gasteiger partial charge in [0.2, 0.25) is 5.91 Å². The minimum Gasteiger partial charge on any atom is -0.460 e. The topological polar surface area (TPSA) is 55.4 Å². The van der Waals surface area contributed by atoms with E-state index in [9.17, 15) is 9.59 Å². The van der Waals surface area contributed by atoms with Crippen LogP contribution < -0.4 is 5.32 Å². The number of ether oxygens (including phenoxy) is 1. The minimum atomic E-state index is -0.481. The van der Waals surface area contributed by atoms with Gasteiger partial charge in [0.25, 0.3) is 0 Å². The molecule has 0 heterocycles. The van der Waals surface area contributed by atoms with Crippen LogP contribution >= 0.6 is 0 Å². The summed E-state index contributed by atoms with van der Waals surface area (Å²) in [6.45, 7) is 8.40. The number of esters is 1. The van der Waals surface area contributed by atoms with E-state index in [4.69, 9.17) is 4.74 Å². The Balaban J connectivity index is 3.44. The van der Waals surface area contributed by atoms with E-state index in [2.05, 4.69) is 12.2 Å². The van der Waals surface area contributed by atoms with Crippen LogP contribution in [0, 0.1) is 0 Å². The van der Waals surface area contributed by atoms with Crippen LogP contribution in [0.25, 0.3) is 0 Å². The second-order valence-corrected chi connectivity index (χ2v) is 6.56. The lowest BCUT2D eigenvalue weighted by Gasteiger charge is -2.19. The van der Waals surface area contributed by atoms with Crippen LogP contribution in [-0.2, 0) is 14.3 Å². The molecule has 0 bridgehead atoms. The maximum atomic E-state index is 11.6. The SMILES string of the molecule is CCCCCCCCCNC(=O)CCC(=O)OC(C)(C)C. The summed E-state index contributed by atoms with van der Waals surface area (Å²) in [6.07, 6.45) is 8.99. The lowest BCUT2D eigenvalue weighted by molar-refractivity contribution is -0.155. The molecule has 0 aliphatic carbocycles. The van der Waals surface area contributed by atoms with Crippen molar-refractivity contribution < 1.29 is 14.3 Å². The zero-order valence-electron chi connectivity index (χ0n) is 14.3. The van der Waals surface area contributed by atoms with E-state index in [-0.39, 0.29) is 24.7 Å². The summed E-state index contributed by atoms with van der Waals surface area (Å²) >= 11 is 0. The van der Waals surface area contributed by atoms with Crippen LogP contribution in [-0.4, -0.2) is 24.0 Å². The van der Waals surface area contributed by atoms with Crippen LogP contribution in [0.15, 0.2) is 0 Å². The molecule has 0 atom stereocenters. The highest BCUT2D eigenvalue weighted by Crippen LogP contribution is 2.09. The van der Waals surface area contributed by atoms with Crippen molar-refractivity contribution in [3.8, 4) is 0 Å². The molecule has 21 heavy (non-hydrogen) atoms. The van der Waals surface area contributed by atoms with E-state index < -0.39 is 5.60 Å². The molecule has 0 unspecified atom stereocenters. The van der Waals surface area contributed by atoms with Crippen molar-refractivity contribution in [3.63, 3.8) is 0 Å². The van der Waals surface area contributed by atoms with Gasteiger partial charge in [0, 0.05) is 13.0 Å². The first kappa shape index (κ1) is 19.9. The number of carbonyl (C=O) groups is 2. The van der Waals surface area contributed by atoms with Gasteiger partial charge in [0.1, 0.15) is 5.60 Å². The summed E-state index contributed by atoms with van der Waals surface area (Å²) in [5.74, 6) is -0.375. The quantitative estimate of drug-likeness (QED) is 0.464. The van der Waals surface area contributed by atoms with Crippen LogP contribution in [0.1, 0.15) is 85.5 Å². The number of hydrogen-bond donors (Lipinski definition) is 1. The molecule has 0 aromatic rings. The Kier molecular flexibility index (Phi) is 11.0. The van der Waals surface area contributed by atoms with Gasteiger partial charge in [-0.25, -0.2) is 0 Å². The van der Waals surface area contributed by atoms with Crippen molar-refractivity contribution in [1.29, 1.82) is 0 Å². The van der Waals surface area contributed by atoms with Crippen LogP contribution in [0.3, 0.4) is 0 Å². The highest BCUT2D eigenvalue weighted by atomic mass is 16.6. The first-order valence-corrected chi connectivity index (χ1v) is 8.33. The number of amides is 1. The number of rotatable bonds is 11. The minimum absolute atomic E-state index is 0.0631. The van der Waals surface area contributed by atoms with Crippen molar-refractivity contribution in [3.05, 3.63) is 0 Å². The smallest absolute Gasteiger partial charge is 0.306 e. The number of nitrogens with one attached hydrogen (secondary N) is 1. The lowest BCUT2D eigenvalue weighted by Crippen LogP contribution is -2.27. The number of carbonyl (C=O) groups excluding carboxylic acids is 2. The average molecular weight is 299 g/mol. The molecule has 1 amide bonds. The van der Waals surface area contributed by atoms with Crippen LogP contribution in [0.2, 0.25) is 0 Å². The number of unbranched alkanes of at least 4 members (excludes halogenated alkanes) is 6. The van der Waals surface area contributed by atoms with Crippen molar-refractivity contribution >= 4 is 11.9 Å². The molecule has 0 spiro atoms. The van der Waals surface area contributed by atoms with Crippen LogP contribution in [0.5, 0.6) is 0 Å². The molecule has 0 radical (unpaired) electrons. The summed E-state index contributed by atoms with van der Waals surface area (Å²) in [7, 11) is 0. The lowest BCUT2D eigenvalue weighted by atomic mass is 10.1. The molecule has 0 aromatic heterocycles. The fourth-order valence-corrected chi connectivity index (χ4v) is 2.01. The van der Waals surface area contributed by atoms with Gasteiger partial charge in [-0.15, -0.1) is 0 Å². The van der Waals surface area contributed by atoms with Gasteiger partial charge in [-0.2, -0.15) is 0 Å². The second kappa shape index (κ2) is 11.6. The van der Waals surface area contributed by atoms with Crippen molar-refractivity contribution in [2.75, 3.05) is 6.54 Å². The molecule has 1 N–H and O–H groups in total. The molecule has 4 heteroatoms. The summed E-state index contributed by atoms with van der Waals surface area (Å²) in [5.41, 5.74) is -0.481. The molecule has 0 saturated heterocycles.